The summed E-state index contributed by atoms with van der Waals surface area (Å²) >= 11 is 0. The van der Waals surface area contributed by atoms with Gasteiger partial charge in [-0.15, -0.1) is 5.10 Å². The summed E-state index contributed by atoms with van der Waals surface area (Å²) in [5.74, 6) is 0.561. The first kappa shape index (κ1) is 20.6. The average Bonchev–Trinajstić information content (AvgIpc) is 3.22. The SMILES string of the molecule is CC(C)(C)n1nnnc1C(c1ccc(F)cc1)N1CCN(Cc2ccccc2)CC1. The summed E-state index contributed by atoms with van der Waals surface area (Å²) in [6.45, 7) is 10.9. The van der Waals surface area contributed by atoms with Crippen LogP contribution in [0.25, 0.3) is 0 Å². The molecule has 2 aromatic carbocycles. The second-order valence-electron chi connectivity index (χ2n) is 8.87. The van der Waals surface area contributed by atoms with Gasteiger partial charge in [0.2, 0.25) is 0 Å². The van der Waals surface area contributed by atoms with E-state index in [2.05, 4.69) is 70.4 Å². The Morgan fingerprint density at radius 1 is 0.933 bits per heavy atom. The normalized spacial score (nSPS) is 17.2. The first-order valence-corrected chi connectivity index (χ1v) is 10.5. The third-order valence-electron chi connectivity index (χ3n) is 5.58. The second kappa shape index (κ2) is 8.62. The lowest BCUT2D eigenvalue weighted by molar-refractivity contribution is 0.0979. The highest BCUT2D eigenvalue weighted by Gasteiger charge is 2.33. The predicted octanol–water partition coefficient (Wildman–Crippen LogP) is 3.47. The van der Waals surface area contributed by atoms with Crippen molar-refractivity contribution >= 4 is 0 Å². The number of nitrogens with zero attached hydrogens (tertiary/aromatic N) is 6. The van der Waals surface area contributed by atoms with E-state index in [1.54, 1.807) is 0 Å². The van der Waals surface area contributed by atoms with Crippen molar-refractivity contribution in [2.45, 2.75) is 38.9 Å². The molecule has 1 saturated heterocycles. The molecular formula is C23H29FN6. The number of hydrogen-bond acceptors (Lipinski definition) is 5. The molecule has 1 fully saturated rings. The molecule has 1 aromatic heterocycles. The highest BCUT2D eigenvalue weighted by molar-refractivity contribution is 5.26. The first-order chi connectivity index (χ1) is 14.4. The molecule has 1 unspecified atom stereocenters. The molecular weight excluding hydrogens is 379 g/mol. The lowest BCUT2D eigenvalue weighted by Gasteiger charge is -2.39. The highest BCUT2D eigenvalue weighted by atomic mass is 19.1. The van der Waals surface area contributed by atoms with Gasteiger partial charge in [0.1, 0.15) is 5.82 Å². The van der Waals surface area contributed by atoms with Crippen molar-refractivity contribution in [2.75, 3.05) is 26.2 Å². The maximum absolute atomic E-state index is 13.6. The molecule has 0 N–H and O–H groups in total. The van der Waals surface area contributed by atoms with Gasteiger partial charge in [0.25, 0.3) is 0 Å². The second-order valence-corrected chi connectivity index (χ2v) is 8.87. The number of piperazine rings is 1. The number of hydrogen-bond donors (Lipinski definition) is 0. The van der Waals surface area contributed by atoms with Gasteiger partial charge in [0.15, 0.2) is 5.82 Å². The Bertz CT molecular complexity index is 940. The summed E-state index contributed by atoms with van der Waals surface area (Å²) < 4.78 is 15.5. The Morgan fingerprint density at radius 3 is 2.23 bits per heavy atom. The zero-order valence-corrected chi connectivity index (χ0v) is 17.9. The minimum absolute atomic E-state index is 0.112. The lowest BCUT2D eigenvalue weighted by atomic mass is 10.0. The van der Waals surface area contributed by atoms with Gasteiger partial charge in [-0.25, -0.2) is 9.07 Å². The summed E-state index contributed by atoms with van der Waals surface area (Å²) in [6.07, 6.45) is 0. The fourth-order valence-corrected chi connectivity index (χ4v) is 4.03. The summed E-state index contributed by atoms with van der Waals surface area (Å²) in [5.41, 5.74) is 2.10. The van der Waals surface area contributed by atoms with E-state index in [1.807, 2.05) is 22.9 Å². The Kier molecular flexibility index (Phi) is 5.92. The number of aromatic nitrogens is 4. The Balaban J connectivity index is 1.57. The third kappa shape index (κ3) is 4.57. The molecule has 3 aromatic rings. The molecule has 0 radical (unpaired) electrons. The van der Waals surface area contributed by atoms with Crippen LogP contribution in [0.3, 0.4) is 0 Å². The van der Waals surface area contributed by atoms with Crippen LogP contribution in [0.15, 0.2) is 54.6 Å². The van der Waals surface area contributed by atoms with Gasteiger partial charge in [0.05, 0.1) is 11.6 Å². The minimum Gasteiger partial charge on any atom is -0.297 e. The minimum atomic E-state index is -0.244. The lowest BCUT2D eigenvalue weighted by Crippen LogP contribution is -2.48. The van der Waals surface area contributed by atoms with Gasteiger partial charge in [-0.3, -0.25) is 9.80 Å². The quantitative estimate of drug-likeness (QED) is 0.647. The molecule has 0 bridgehead atoms. The van der Waals surface area contributed by atoms with E-state index in [-0.39, 0.29) is 17.4 Å². The van der Waals surface area contributed by atoms with Crippen LogP contribution in [0.4, 0.5) is 4.39 Å². The van der Waals surface area contributed by atoms with E-state index in [0.717, 1.165) is 44.1 Å². The van der Waals surface area contributed by atoms with Gasteiger partial charge in [0, 0.05) is 32.7 Å². The van der Waals surface area contributed by atoms with Crippen molar-refractivity contribution < 1.29 is 4.39 Å². The monoisotopic (exact) mass is 408 g/mol. The standard InChI is InChI=1S/C23H29FN6/c1-23(2,3)30-22(25-26-27-30)21(19-9-11-20(24)12-10-19)29-15-13-28(14-16-29)17-18-7-5-4-6-8-18/h4-12,21H,13-17H2,1-3H3. The van der Waals surface area contributed by atoms with Crippen molar-refractivity contribution in [3.63, 3.8) is 0 Å². The van der Waals surface area contributed by atoms with E-state index in [1.165, 1.54) is 17.7 Å². The molecule has 158 valence electrons. The topological polar surface area (TPSA) is 50.1 Å². The molecule has 0 spiro atoms. The summed E-state index contributed by atoms with van der Waals surface area (Å²) in [4.78, 5) is 4.88. The van der Waals surface area contributed by atoms with Gasteiger partial charge < -0.3 is 0 Å². The molecule has 2 heterocycles. The molecule has 1 aliphatic rings. The largest absolute Gasteiger partial charge is 0.297 e. The van der Waals surface area contributed by atoms with Crippen molar-refractivity contribution in [2.24, 2.45) is 0 Å². The highest BCUT2D eigenvalue weighted by Crippen LogP contribution is 2.30. The smallest absolute Gasteiger partial charge is 0.173 e. The van der Waals surface area contributed by atoms with Crippen LogP contribution in [0.1, 0.15) is 43.8 Å². The number of tetrazole rings is 1. The van der Waals surface area contributed by atoms with Crippen molar-refractivity contribution in [3.05, 3.63) is 77.4 Å². The van der Waals surface area contributed by atoms with Gasteiger partial charge in [-0.2, -0.15) is 0 Å². The molecule has 0 saturated carbocycles. The molecule has 4 rings (SSSR count). The number of rotatable bonds is 5. The molecule has 7 heteroatoms. The number of benzene rings is 2. The maximum Gasteiger partial charge on any atom is 0.173 e. The van der Waals surface area contributed by atoms with E-state index in [0.29, 0.717) is 0 Å². The van der Waals surface area contributed by atoms with Crippen molar-refractivity contribution in [1.82, 2.24) is 30.0 Å². The Labute approximate surface area is 177 Å². The summed E-state index contributed by atoms with van der Waals surface area (Å²) in [6, 6.07) is 17.2. The first-order valence-electron chi connectivity index (χ1n) is 10.5. The Morgan fingerprint density at radius 2 is 1.60 bits per heavy atom. The van der Waals surface area contributed by atoms with Crippen molar-refractivity contribution in [3.8, 4) is 0 Å². The van der Waals surface area contributed by atoms with E-state index >= 15 is 0 Å². The zero-order valence-electron chi connectivity index (χ0n) is 17.9. The molecule has 0 aliphatic carbocycles. The fourth-order valence-electron chi connectivity index (χ4n) is 4.03. The third-order valence-corrected chi connectivity index (χ3v) is 5.58. The molecule has 30 heavy (non-hydrogen) atoms. The fraction of sp³-hybridized carbons (Fsp3) is 0.435. The van der Waals surface area contributed by atoms with Crippen LogP contribution in [0, 0.1) is 5.82 Å². The zero-order chi connectivity index (χ0) is 21.1. The number of halogens is 1. The van der Waals surface area contributed by atoms with E-state index < -0.39 is 0 Å². The van der Waals surface area contributed by atoms with E-state index in [9.17, 15) is 4.39 Å². The van der Waals surface area contributed by atoms with Crippen LogP contribution >= 0.6 is 0 Å². The predicted molar refractivity (Wildman–Crippen MR) is 114 cm³/mol. The van der Waals surface area contributed by atoms with Crippen LogP contribution in [-0.2, 0) is 12.1 Å². The van der Waals surface area contributed by atoms with Gasteiger partial charge in [-0.05, 0) is 54.5 Å². The van der Waals surface area contributed by atoms with Crippen molar-refractivity contribution in [1.29, 1.82) is 0 Å². The van der Waals surface area contributed by atoms with E-state index in [4.69, 9.17) is 0 Å². The van der Waals surface area contributed by atoms with Gasteiger partial charge >= 0.3 is 0 Å². The van der Waals surface area contributed by atoms with Crippen LogP contribution in [0.2, 0.25) is 0 Å². The average molecular weight is 409 g/mol. The van der Waals surface area contributed by atoms with Crippen LogP contribution in [-0.4, -0.2) is 56.2 Å². The maximum atomic E-state index is 13.6. The Hall–Kier alpha value is -2.64. The molecule has 1 aliphatic heterocycles. The van der Waals surface area contributed by atoms with Crippen LogP contribution in [0.5, 0.6) is 0 Å². The molecule has 6 nitrogen and oxygen atoms in total. The summed E-state index contributed by atoms with van der Waals surface area (Å²) in [5, 5.41) is 12.6. The molecule has 0 amide bonds. The van der Waals surface area contributed by atoms with Crippen LogP contribution < -0.4 is 0 Å². The van der Waals surface area contributed by atoms with Gasteiger partial charge in [-0.1, -0.05) is 42.5 Å². The summed E-state index contributed by atoms with van der Waals surface area (Å²) in [7, 11) is 0. The molecule has 1 atom stereocenters.